The van der Waals surface area contributed by atoms with E-state index in [-0.39, 0.29) is 5.75 Å². The number of nitrogens with zero attached hydrogens (tertiary/aromatic N) is 6. The molecule has 1 aliphatic heterocycles. The van der Waals surface area contributed by atoms with Gasteiger partial charge in [-0.25, -0.2) is 4.98 Å². The van der Waals surface area contributed by atoms with Crippen molar-refractivity contribution in [3.63, 3.8) is 0 Å². The molecule has 1 saturated heterocycles. The van der Waals surface area contributed by atoms with Gasteiger partial charge in [-0.2, -0.15) is 0 Å². The summed E-state index contributed by atoms with van der Waals surface area (Å²) < 4.78 is 2.01. The van der Waals surface area contributed by atoms with Crippen molar-refractivity contribution in [1.29, 1.82) is 0 Å². The molecule has 0 radical (unpaired) electrons. The van der Waals surface area contributed by atoms with Gasteiger partial charge in [0.15, 0.2) is 0 Å². The molecule has 8 nitrogen and oxygen atoms in total. The molecular weight excluding hydrogens is 402 g/mol. The van der Waals surface area contributed by atoms with Gasteiger partial charge in [0, 0.05) is 54.9 Å². The highest BCUT2D eigenvalue weighted by Crippen LogP contribution is 2.31. The van der Waals surface area contributed by atoms with Crippen LogP contribution in [-0.4, -0.2) is 55.5 Å². The quantitative estimate of drug-likeness (QED) is 0.514. The van der Waals surface area contributed by atoms with Gasteiger partial charge >= 0.3 is 0 Å². The summed E-state index contributed by atoms with van der Waals surface area (Å²) in [6, 6.07) is 11.9. The number of benzene rings is 1. The first-order valence-electron chi connectivity index (χ1n) is 11.0. The monoisotopic (exact) mass is 429 g/mol. The summed E-state index contributed by atoms with van der Waals surface area (Å²) in [6.45, 7) is 9.01. The lowest BCUT2D eigenvalue weighted by atomic mass is 10.0. The zero-order valence-electron chi connectivity index (χ0n) is 18.5. The molecule has 0 bridgehead atoms. The van der Waals surface area contributed by atoms with Crippen molar-refractivity contribution >= 4 is 17.0 Å². The van der Waals surface area contributed by atoms with E-state index in [1.165, 1.54) is 0 Å². The molecule has 3 aromatic heterocycles. The molecule has 1 aromatic carbocycles. The molecule has 164 valence electrons. The van der Waals surface area contributed by atoms with Crippen molar-refractivity contribution in [3.8, 4) is 22.7 Å². The number of aromatic hydroxyl groups is 1. The number of pyridine rings is 1. The number of phenolic OH excluding ortho intramolecular Hbond substituents is 1. The third kappa shape index (κ3) is 3.78. The number of anilines is 1. The summed E-state index contributed by atoms with van der Waals surface area (Å²) in [5, 5.41) is 23.0. The Morgan fingerprint density at radius 1 is 1.12 bits per heavy atom. The molecule has 4 aromatic rings. The Kier molecular flexibility index (Phi) is 5.22. The molecule has 8 heteroatoms. The van der Waals surface area contributed by atoms with E-state index in [1.807, 2.05) is 48.0 Å². The minimum atomic E-state index is 0.135. The van der Waals surface area contributed by atoms with Crippen molar-refractivity contribution in [1.82, 2.24) is 30.0 Å². The van der Waals surface area contributed by atoms with E-state index in [4.69, 9.17) is 0 Å². The molecule has 1 atom stereocenters. The standard InChI is InChI=1S/C24H27N7O/c1-15(2)21-14-30(11-9-25-21)24-26-13-20(28-29-24)18-6-5-17(12-23(18)32)31-10-8-19-22(31)7-4-16(3)27-19/h4-8,10,12-13,15,21,25,32H,9,11,14H2,1-3H3/t21-/m1/s1. The molecule has 0 saturated carbocycles. The van der Waals surface area contributed by atoms with Crippen molar-refractivity contribution in [2.24, 2.45) is 5.92 Å². The fourth-order valence-electron chi connectivity index (χ4n) is 4.18. The number of phenols is 1. The minimum absolute atomic E-state index is 0.135. The van der Waals surface area contributed by atoms with Crippen molar-refractivity contribution < 1.29 is 5.11 Å². The van der Waals surface area contributed by atoms with Crippen molar-refractivity contribution in [3.05, 3.63) is 54.5 Å². The average Bonchev–Trinajstić information content (AvgIpc) is 3.22. The average molecular weight is 430 g/mol. The fraction of sp³-hybridized carbons (Fsp3) is 0.333. The first kappa shape index (κ1) is 20.4. The van der Waals surface area contributed by atoms with E-state index in [0.29, 0.717) is 29.2 Å². The van der Waals surface area contributed by atoms with Crippen LogP contribution in [-0.2, 0) is 0 Å². The first-order valence-corrected chi connectivity index (χ1v) is 11.0. The van der Waals surface area contributed by atoms with Crippen LogP contribution in [0.1, 0.15) is 19.5 Å². The van der Waals surface area contributed by atoms with Crippen LogP contribution in [0.4, 0.5) is 5.95 Å². The molecule has 0 unspecified atom stereocenters. The van der Waals surface area contributed by atoms with Crippen LogP contribution in [0.15, 0.2) is 48.8 Å². The normalized spacial score (nSPS) is 16.8. The number of piperazine rings is 1. The van der Waals surface area contributed by atoms with E-state index in [1.54, 1.807) is 12.3 Å². The molecule has 2 N–H and O–H groups in total. The number of fused-ring (bicyclic) bond motifs is 1. The summed E-state index contributed by atoms with van der Waals surface area (Å²) in [5.74, 6) is 1.30. The van der Waals surface area contributed by atoms with Crippen LogP contribution in [0, 0.1) is 12.8 Å². The van der Waals surface area contributed by atoms with Gasteiger partial charge in [-0.05, 0) is 43.2 Å². The van der Waals surface area contributed by atoms with Gasteiger partial charge in [0.25, 0.3) is 0 Å². The van der Waals surface area contributed by atoms with E-state index in [9.17, 15) is 5.11 Å². The minimum Gasteiger partial charge on any atom is -0.507 e. The molecule has 1 fully saturated rings. The zero-order chi connectivity index (χ0) is 22.2. The lowest BCUT2D eigenvalue weighted by molar-refractivity contribution is 0.365. The highest BCUT2D eigenvalue weighted by Gasteiger charge is 2.23. The second-order valence-electron chi connectivity index (χ2n) is 8.64. The van der Waals surface area contributed by atoms with Crippen molar-refractivity contribution in [2.45, 2.75) is 26.8 Å². The van der Waals surface area contributed by atoms with Crippen LogP contribution < -0.4 is 10.2 Å². The number of rotatable bonds is 4. The maximum absolute atomic E-state index is 10.7. The predicted molar refractivity (Wildman–Crippen MR) is 125 cm³/mol. The van der Waals surface area contributed by atoms with Crippen molar-refractivity contribution in [2.75, 3.05) is 24.5 Å². The SMILES string of the molecule is Cc1ccc2c(ccn2-c2ccc(-c3cnc(N4CCN[C@@H](C(C)C)C4)nn3)c(O)c2)n1. The van der Waals surface area contributed by atoms with Gasteiger partial charge in [0.05, 0.1) is 17.2 Å². The first-order chi connectivity index (χ1) is 15.5. The molecule has 5 rings (SSSR count). The van der Waals surface area contributed by atoms with Gasteiger partial charge in [-0.1, -0.05) is 13.8 Å². The summed E-state index contributed by atoms with van der Waals surface area (Å²) in [6.07, 6.45) is 3.64. The lowest BCUT2D eigenvalue weighted by Gasteiger charge is -2.35. The Morgan fingerprint density at radius 2 is 2.00 bits per heavy atom. The third-order valence-corrected chi connectivity index (χ3v) is 6.06. The molecule has 4 heterocycles. The molecule has 0 spiro atoms. The van der Waals surface area contributed by atoms with Gasteiger partial charge in [0.2, 0.25) is 5.95 Å². The predicted octanol–water partition coefficient (Wildman–Crippen LogP) is 3.33. The number of aryl methyl sites for hydroxylation is 1. The lowest BCUT2D eigenvalue weighted by Crippen LogP contribution is -2.53. The highest BCUT2D eigenvalue weighted by molar-refractivity contribution is 5.79. The second-order valence-corrected chi connectivity index (χ2v) is 8.64. The Bertz CT molecular complexity index is 1250. The molecule has 0 aliphatic carbocycles. The number of nitrogens with one attached hydrogen (secondary N) is 1. The second kappa shape index (κ2) is 8.20. The molecule has 0 amide bonds. The Labute approximate surface area is 187 Å². The summed E-state index contributed by atoms with van der Waals surface area (Å²) in [5.41, 5.74) is 4.89. The zero-order valence-corrected chi connectivity index (χ0v) is 18.5. The largest absolute Gasteiger partial charge is 0.507 e. The molecule has 1 aliphatic rings. The Morgan fingerprint density at radius 3 is 2.75 bits per heavy atom. The fourth-order valence-corrected chi connectivity index (χ4v) is 4.18. The van der Waals surface area contributed by atoms with Crippen LogP contribution in [0.2, 0.25) is 0 Å². The summed E-state index contributed by atoms with van der Waals surface area (Å²) >= 11 is 0. The van der Waals surface area contributed by atoms with Crippen LogP contribution in [0.3, 0.4) is 0 Å². The molecular formula is C24H27N7O. The van der Waals surface area contributed by atoms with Crippen LogP contribution in [0.5, 0.6) is 5.75 Å². The smallest absolute Gasteiger partial charge is 0.245 e. The van der Waals surface area contributed by atoms with Gasteiger partial charge in [-0.3, -0.25) is 4.98 Å². The van der Waals surface area contributed by atoms with E-state index >= 15 is 0 Å². The Hall–Kier alpha value is -3.52. The van der Waals surface area contributed by atoms with E-state index in [2.05, 4.69) is 44.2 Å². The van der Waals surface area contributed by atoms with Gasteiger partial charge < -0.3 is 19.9 Å². The summed E-state index contributed by atoms with van der Waals surface area (Å²) in [7, 11) is 0. The topological polar surface area (TPSA) is 92.0 Å². The van der Waals surface area contributed by atoms with Gasteiger partial charge in [-0.15, -0.1) is 10.2 Å². The van der Waals surface area contributed by atoms with E-state index in [0.717, 1.165) is 42.0 Å². The number of hydrogen-bond acceptors (Lipinski definition) is 7. The maximum Gasteiger partial charge on any atom is 0.245 e. The Balaban J connectivity index is 1.39. The molecule has 32 heavy (non-hydrogen) atoms. The van der Waals surface area contributed by atoms with E-state index < -0.39 is 0 Å². The van der Waals surface area contributed by atoms with Crippen LogP contribution in [0.25, 0.3) is 28.0 Å². The number of hydrogen-bond donors (Lipinski definition) is 2. The number of aromatic nitrogens is 5. The summed E-state index contributed by atoms with van der Waals surface area (Å²) in [4.78, 5) is 11.2. The third-order valence-electron chi connectivity index (χ3n) is 6.06. The van der Waals surface area contributed by atoms with Gasteiger partial charge in [0.1, 0.15) is 11.4 Å². The van der Waals surface area contributed by atoms with Crippen LogP contribution >= 0.6 is 0 Å². The highest BCUT2D eigenvalue weighted by atomic mass is 16.3. The maximum atomic E-state index is 10.7.